The first-order valence-corrected chi connectivity index (χ1v) is 8.95. The molecule has 0 radical (unpaired) electrons. The Bertz CT molecular complexity index is 594. The topological polar surface area (TPSA) is 73.6 Å². The Morgan fingerprint density at radius 3 is 2.62 bits per heavy atom. The Balaban J connectivity index is 1.79. The average molecular weight is 332 g/mol. The number of hydrogen-bond acceptors (Lipinski definition) is 4. The van der Waals surface area contributed by atoms with Crippen molar-refractivity contribution in [2.45, 2.75) is 57.4 Å². The van der Waals surface area contributed by atoms with Crippen molar-refractivity contribution in [3.8, 4) is 11.5 Å². The van der Waals surface area contributed by atoms with Crippen molar-refractivity contribution in [2.75, 3.05) is 13.3 Å². The van der Waals surface area contributed by atoms with E-state index < -0.39 is 0 Å². The minimum Gasteiger partial charge on any atom is -0.454 e. The van der Waals surface area contributed by atoms with Gasteiger partial charge in [-0.1, -0.05) is 32.3 Å². The highest BCUT2D eigenvalue weighted by molar-refractivity contribution is 5.79. The number of carbonyl (C=O) groups is 1. The van der Waals surface area contributed by atoms with Crippen LogP contribution in [0.5, 0.6) is 11.5 Å². The molecule has 2 unspecified atom stereocenters. The first-order valence-electron chi connectivity index (χ1n) is 8.95. The average Bonchev–Trinajstić information content (AvgIpc) is 3.07. The van der Waals surface area contributed by atoms with Gasteiger partial charge in [0.2, 0.25) is 12.7 Å². The minimum absolute atomic E-state index is 0.0214. The number of benzene rings is 1. The highest BCUT2D eigenvalue weighted by Crippen LogP contribution is 2.43. The molecule has 0 bridgehead atoms. The van der Waals surface area contributed by atoms with Crippen LogP contribution in [-0.2, 0) is 10.2 Å². The highest BCUT2D eigenvalue weighted by atomic mass is 16.7. The van der Waals surface area contributed by atoms with Gasteiger partial charge in [0.1, 0.15) is 0 Å². The van der Waals surface area contributed by atoms with Crippen molar-refractivity contribution in [3.05, 3.63) is 23.8 Å². The van der Waals surface area contributed by atoms with Crippen molar-refractivity contribution in [3.63, 3.8) is 0 Å². The van der Waals surface area contributed by atoms with Crippen LogP contribution in [0.1, 0.15) is 51.5 Å². The zero-order chi connectivity index (χ0) is 17.2. The highest BCUT2D eigenvalue weighted by Gasteiger charge is 2.36. The fourth-order valence-electron chi connectivity index (χ4n) is 3.68. The molecule has 2 aliphatic rings. The number of carbonyl (C=O) groups excluding carboxylic acids is 1. The summed E-state index contributed by atoms with van der Waals surface area (Å²) in [5, 5.41) is 3.15. The number of hydrogen-bond donors (Lipinski definition) is 2. The first-order chi connectivity index (χ1) is 11.5. The third-order valence-corrected chi connectivity index (χ3v) is 5.60. The van der Waals surface area contributed by atoms with Crippen LogP contribution >= 0.6 is 0 Å². The minimum atomic E-state index is -0.178. The molecular weight excluding hydrogens is 304 g/mol. The summed E-state index contributed by atoms with van der Waals surface area (Å²) >= 11 is 0. The van der Waals surface area contributed by atoms with Gasteiger partial charge >= 0.3 is 0 Å². The summed E-state index contributed by atoms with van der Waals surface area (Å²) in [5.74, 6) is 1.48. The molecule has 3 rings (SSSR count). The molecule has 24 heavy (non-hydrogen) atoms. The monoisotopic (exact) mass is 332 g/mol. The van der Waals surface area contributed by atoms with Gasteiger partial charge in [0.25, 0.3) is 0 Å². The van der Waals surface area contributed by atoms with Gasteiger partial charge in [-0.15, -0.1) is 0 Å². The van der Waals surface area contributed by atoms with Crippen LogP contribution in [0, 0.1) is 5.92 Å². The van der Waals surface area contributed by atoms with Crippen molar-refractivity contribution >= 4 is 5.91 Å². The van der Waals surface area contributed by atoms with Gasteiger partial charge in [0, 0.05) is 23.9 Å². The molecule has 1 aliphatic carbocycles. The molecule has 1 aromatic carbocycles. The predicted octanol–water partition coefficient (Wildman–Crippen LogP) is 2.72. The summed E-state index contributed by atoms with van der Waals surface area (Å²) in [6, 6.07) is 6.06. The number of rotatable bonds is 5. The van der Waals surface area contributed by atoms with Crippen LogP contribution < -0.4 is 20.5 Å². The molecular formula is C19H28N2O3. The molecule has 1 saturated carbocycles. The van der Waals surface area contributed by atoms with Crippen molar-refractivity contribution in [1.29, 1.82) is 0 Å². The summed E-state index contributed by atoms with van der Waals surface area (Å²) in [6.45, 7) is 4.70. The van der Waals surface area contributed by atoms with Crippen molar-refractivity contribution < 1.29 is 14.3 Å². The van der Waals surface area contributed by atoms with E-state index in [2.05, 4.69) is 17.4 Å². The van der Waals surface area contributed by atoms with E-state index in [-0.39, 0.29) is 30.1 Å². The lowest BCUT2D eigenvalue weighted by Gasteiger charge is -2.38. The molecule has 1 fully saturated rings. The van der Waals surface area contributed by atoms with Gasteiger partial charge in [-0.25, -0.2) is 0 Å². The summed E-state index contributed by atoms with van der Waals surface area (Å²) < 4.78 is 11.0. The van der Waals surface area contributed by atoms with E-state index in [0.29, 0.717) is 6.54 Å². The number of nitrogens with two attached hydrogens (primary N) is 1. The maximum absolute atomic E-state index is 12.4. The fraction of sp³-hybridized carbons (Fsp3) is 0.632. The number of nitrogens with one attached hydrogen (secondary N) is 1. The first kappa shape index (κ1) is 17.1. The van der Waals surface area contributed by atoms with Crippen LogP contribution in [0.4, 0.5) is 0 Å². The molecule has 1 heterocycles. The van der Waals surface area contributed by atoms with Gasteiger partial charge < -0.3 is 20.5 Å². The van der Waals surface area contributed by atoms with E-state index in [1.54, 1.807) is 0 Å². The molecule has 5 nitrogen and oxygen atoms in total. The third-order valence-electron chi connectivity index (χ3n) is 5.60. The summed E-state index contributed by atoms with van der Waals surface area (Å²) in [7, 11) is 0. The second-order valence-corrected chi connectivity index (χ2v) is 7.27. The second-order valence-electron chi connectivity index (χ2n) is 7.27. The van der Waals surface area contributed by atoms with Gasteiger partial charge in [-0.2, -0.15) is 0 Å². The lowest BCUT2D eigenvalue weighted by Crippen LogP contribution is -2.46. The van der Waals surface area contributed by atoms with Gasteiger partial charge in [0.05, 0.1) is 0 Å². The third kappa shape index (κ3) is 3.36. The van der Waals surface area contributed by atoms with E-state index in [1.165, 1.54) is 24.8 Å². The SMILES string of the molecule is CC(N)C(C)C(=O)NCC1(c2ccc3c(c2)OCO3)CCCCC1. The summed E-state index contributed by atoms with van der Waals surface area (Å²) in [5.41, 5.74) is 7.07. The van der Waals surface area contributed by atoms with E-state index in [9.17, 15) is 4.79 Å². The van der Waals surface area contributed by atoms with E-state index in [4.69, 9.17) is 15.2 Å². The van der Waals surface area contributed by atoms with Crippen LogP contribution in [0.15, 0.2) is 18.2 Å². The maximum Gasteiger partial charge on any atom is 0.231 e. The molecule has 2 atom stereocenters. The Kier molecular flexibility index (Phi) is 4.99. The number of ether oxygens (including phenoxy) is 2. The van der Waals surface area contributed by atoms with Crippen LogP contribution in [-0.4, -0.2) is 25.3 Å². The normalized spacial score (nSPS) is 21.1. The molecule has 1 aliphatic heterocycles. The molecule has 0 saturated heterocycles. The second kappa shape index (κ2) is 7.01. The lowest BCUT2D eigenvalue weighted by molar-refractivity contribution is -0.125. The fourth-order valence-corrected chi connectivity index (χ4v) is 3.68. The Morgan fingerprint density at radius 1 is 1.21 bits per heavy atom. The van der Waals surface area contributed by atoms with Gasteiger partial charge in [-0.05, 0) is 37.5 Å². The largest absolute Gasteiger partial charge is 0.454 e. The molecule has 1 amide bonds. The number of amides is 1. The van der Waals surface area contributed by atoms with E-state index in [1.807, 2.05) is 19.9 Å². The summed E-state index contributed by atoms with van der Waals surface area (Å²) in [4.78, 5) is 12.4. The molecule has 5 heteroatoms. The number of fused-ring (bicyclic) bond motifs is 1. The smallest absolute Gasteiger partial charge is 0.231 e. The summed E-state index contributed by atoms with van der Waals surface area (Å²) in [6.07, 6.45) is 5.80. The molecule has 0 spiro atoms. The van der Waals surface area contributed by atoms with Crippen LogP contribution in [0.3, 0.4) is 0 Å². The molecule has 0 aromatic heterocycles. The predicted molar refractivity (Wildman–Crippen MR) is 93.2 cm³/mol. The maximum atomic E-state index is 12.4. The molecule has 132 valence electrons. The van der Waals surface area contributed by atoms with E-state index in [0.717, 1.165) is 24.3 Å². The Morgan fingerprint density at radius 2 is 1.92 bits per heavy atom. The lowest BCUT2D eigenvalue weighted by atomic mass is 9.69. The van der Waals surface area contributed by atoms with Gasteiger partial charge in [-0.3, -0.25) is 4.79 Å². The van der Waals surface area contributed by atoms with Crippen LogP contribution in [0.2, 0.25) is 0 Å². The quantitative estimate of drug-likeness (QED) is 0.869. The Labute approximate surface area is 143 Å². The van der Waals surface area contributed by atoms with Crippen molar-refractivity contribution in [1.82, 2.24) is 5.32 Å². The zero-order valence-electron chi connectivity index (χ0n) is 14.6. The Hall–Kier alpha value is -1.75. The molecule has 3 N–H and O–H groups in total. The zero-order valence-corrected chi connectivity index (χ0v) is 14.6. The van der Waals surface area contributed by atoms with Gasteiger partial charge in [0.15, 0.2) is 11.5 Å². The standard InChI is InChI=1S/C19H28N2O3/c1-13(14(2)20)18(22)21-11-19(8-4-3-5-9-19)15-6-7-16-17(10-15)24-12-23-16/h6-7,10,13-14H,3-5,8-9,11-12,20H2,1-2H3,(H,21,22). The molecule has 1 aromatic rings. The van der Waals surface area contributed by atoms with E-state index >= 15 is 0 Å². The van der Waals surface area contributed by atoms with Crippen molar-refractivity contribution in [2.24, 2.45) is 11.7 Å². The van der Waals surface area contributed by atoms with Crippen LogP contribution in [0.25, 0.3) is 0 Å².